The molecule has 162 valence electrons. The quantitative estimate of drug-likeness (QED) is 0.560. The summed E-state index contributed by atoms with van der Waals surface area (Å²) >= 11 is 0. The number of carbonyl (C=O) groups is 1. The van der Waals surface area contributed by atoms with Crippen molar-refractivity contribution >= 4 is 37.3 Å². The number of sulfonamides is 2. The van der Waals surface area contributed by atoms with Gasteiger partial charge in [-0.15, -0.1) is 0 Å². The van der Waals surface area contributed by atoms with Crippen molar-refractivity contribution in [2.24, 2.45) is 0 Å². The predicted molar refractivity (Wildman–Crippen MR) is 112 cm³/mol. The number of hydrogen-bond acceptors (Lipinski definition) is 6. The van der Waals surface area contributed by atoms with Crippen molar-refractivity contribution in [2.75, 3.05) is 23.2 Å². The molecule has 1 unspecified atom stereocenters. The summed E-state index contributed by atoms with van der Waals surface area (Å²) in [6.45, 7) is 2.19. The minimum absolute atomic E-state index is 0.00605. The van der Waals surface area contributed by atoms with Gasteiger partial charge in [-0.2, -0.15) is 0 Å². The third-order valence-corrected chi connectivity index (χ3v) is 7.26. The molecule has 0 bridgehead atoms. The topological polar surface area (TPSA) is 131 Å². The van der Waals surface area contributed by atoms with Crippen molar-refractivity contribution < 1.29 is 26.4 Å². The molecule has 3 N–H and O–H groups in total. The smallest absolute Gasteiger partial charge is 0.261 e. The van der Waals surface area contributed by atoms with E-state index in [4.69, 9.17) is 4.74 Å². The van der Waals surface area contributed by atoms with Crippen LogP contribution in [0.5, 0.6) is 0 Å². The lowest BCUT2D eigenvalue weighted by Gasteiger charge is -2.12. The standard InChI is InChI=1S/C19H23N3O6S2/c1-14(23)21-15-4-8-19(9-5-15)30(26,27)22-16-6-10-18(11-7-16)29(24,25)20-13-17-3-2-12-28-17/h4-11,17,20,22H,2-3,12-13H2,1H3,(H,21,23). The van der Waals surface area contributed by atoms with E-state index in [1.54, 1.807) is 0 Å². The van der Waals surface area contributed by atoms with E-state index in [0.717, 1.165) is 12.8 Å². The lowest BCUT2D eigenvalue weighted by Crippen LogP contribution is -2.31. The van der Waals surface area contributed by atoms with Gasteiger partial charge in [-0.25, -0.2) is 21.6 Å². The highest BCUT2D eigenvalue weighted by Gasteiger charge is 2.21. The summed E-state index contributed by atoms with van der Waals surface area (Å²) in [5.74, 6) is -0.260. The number of carbonyl (C=O) groups excluding carboxylic acids is 1. The van der Waals surface area contributed by atoms with E-state index in [0.29, 0.717) is 12.3 Å². The largest absolute Gasteiger partial charge is 0.377 e. The molecule has 0 radical (unpaired) electrons. The Morgan fingerprint density at radius 3 is 2.03 bits per heavy atom. The molecular formula is C19H23N3O6S2. The molecule has 2 aromatic carbocycles. The van der Waals surface area contributed by atoms with Gasteiger partial charge in [0, 0.05) is 31.5 Å². The van der Waals surface area contributed by atoms with Gasteiger partial charge in [0.1, 0.15) is 0 Å². The fourth-order valence-electron chi connectivity index (χ4n) is 2.93. The summed E-state index contributed by atoms with van der Waals surface area (Å²) < 4.78 is 60.1. The third-order valence-electron chi connectivity index (χ3n) is 4.43. The molecule has 11 heteroatoms. The van der Waals surface area contributed by atoms with Crippen LogP contribution in [0, 0.1) is 0 Å². The molecule has 0 spiro atoms. The Morgan fingerprint density at radius 1 is 0.933 bits per heavy atom. The second-order valence-electron chi connectivity index (χ2n) is 6.82. The van der Waals surface area contributed by atoms with Crippen LogP contribution in [0.15, 0.2) is 58.3 Å². The Labute approximate surface area is 175 Å². The van der Waals surface area contributed by atoms with Gasteiger partial charge < -0.3 is 10.1 Å². The number of nitrogens with one attached hydrogen (secondary N) is 3. The third kappa shape index (κ3) is 5.79. The number of benzene rings is 2. The zero-order valence-corrected chi connectivity index (χ0v) is 17.9. The van der Waals surface area contributed by atoms with Gasteiger partial charge in [-0.05, 0) is 61.4 Å². The Hall–Kier alpha value is -2.47. The summed E-state index contributed by atoms with van der Waals surface area (Å²) in [6, 6.07) is 11.1. The zero-order chi connectivity index (χ0) is 21.8. The molecule has 3 rings (SSSR count). The molecule has 1 aliphatic rings. The molecule has 0 saturated carbocycles. The normalized spacial score (nSPS) is 16.9. The number of hydrogen-bond donors (Lipinski definition) is 3. The number of anilines is 2. The first-order chi connectivity index (χ1) is 14.2. The van der Waals surface area contributed by atoms with Crippen molar-refractivity contribution in [3.05, 3.63) is 48.5 Å². The Bertz CT molecular complexity index is 1090. The molecule has 0 aliphatic carbocycles. The molecule has 1 saturated heterocycles. The molecule has 2 aromatic rings. The summed E-state index contributed by atoms with van der Waals surface area (Å²) in [5, 5.41) is 2.56. The maximum Gasteiger partial charge on any atom is 0.261 e. The van der Waals surface area contributed by atoms with Gasteiger partial charge >= 0.3 is 0 Å². The van der Waals surface area contributed by atoms with Crippen molar-refractivity contribution in [1.82, 2.24) is 4.72 Å². The zero-order valence-electron chi connectivity index (χ0n) is 16.3. The monoisotopic (exact) mass is 453 g/mol. The van der Waals surface area contributed by atoms with Gasteiger partial charge in [0.15, 0.2) is 0 Å². The van der Waals surface area contributed by atoms with Crippen LogP contribution in [0.25, 0.3) is 0 Å². The lowest BCUT2D eigenvalue weighted by molar-refractivity contribution is -0.114. The van der Waals surface area contributed by atoms with E-state index in [2.05, 4.69) is 14.8 Å². The first kappa shape index (κ1) is 22.2. The fraction of sp³-hybridized carbons (Fsp3) is 0.316. The van der Waals surface area contributed by atoms with E-state index < -0.39 is 20.0 Å². The van der Waals surface area contributed by atoms with E-state index in [1.165, 1.54) is 55.5 Å². The number of ether oxygens (including phenoxy) is 1. The van der Waals surface area contributed by atoms with Crippen molar-refractivity contribution in [1.29, 1.82) is 0 Å². The van der Waals surface area contributed by atoms with Crippen LogP contribution in [0.3, 0.4) is 0 Å². The lowest BCUT2D eigenvalue weighted by atomic mass is 10.2. The average Bonchev–Trinajstić information content (AvgIpc) is 3.20. The average molecular weight is 454 g/mol. The number of amides is 1. The molecule has 1 atom stereocenters. The highest BCUT2D eigenvalue weighted by molar-refractivity contribution is 7.92. The van der Waals surface area contributed by atoms with Gasteiger partial charge in [0.25, 0.3) is 10.0 Å². The minimum atomic E-state index is -3.87. The van der Waals surface area contributed by atoms with Crippen LogP contribution >= 0.6 is 0 Å². The first-order valence-electron chi connectivity index (χ1n) is 9.27. The van der Waals surface area contributed by atoms with Gasteiger partial charge in [-0.3, -0.25) is 9.52 Å². The van der Waals surface area contributed by atoms with Crippen LogP contribution in [0.2, 0.25) is 0 Å². The van der Waals surface area contributed by atoms with Gasteiger partial charge in [-0.1, -0.05) is 0 Å². The van der Waals surface area contributed by atoms with Crippen molar-refractivity contribution in [3.8, 4) is 0 Å². The molecule has 30 heavy (non-hydrogen) atoms. The Balaban J connectivity index is 1.66. The molecule has 9 nitrogen and oxygen atoms in total. The van der Waals surface area contributed by atoms with Crippen LogP contribution in [-0.2, 0) is 29.6 Å². The number of rotatable bonds is 8. The second-order valence-corrected chi connectivity index (χ2v) is 10.3. The molecule has 0 aromatic heterocycles. The molecule has 1 amide bonds. The van der Waals surface area contributed by atoms with Crippen molar-refractivity contribution in [2.45, 2.75) is 35.7 Å². The minimum Gasteiger partial charge on any atom is -0.377 e. The predicted octanol–water partition coefficient (Wildman–Crippen LogP) is 1.90. The molecule has 1 heterocycles. The highest BCUT2D eigenvalue weighted by Crippen LogP contribution is 2.20. The van der Waals surface area contributed by atoms with Gasteiger partial charge in [0.2, 0.25) is 15.9 Å². The van der Waals surface area contributed by atoms with E-state index in [1.807, 2.05) is 0 Å². The van der Waals surface area contributed by atoms with E-state index in [-0.39, 0.29) is 34.0 Å². The molecule has 1 aliphatic heterocycles. The van der Waals surface area contributed by atoms with Crippen LogP contribution in [0.4, 0.5) is 11.4 Å². The first-order valence-corrected chi connectivity index (χ1v) is 12.2. The van der Waals surface area contributed by atoms with Gasteiger partial charge in [0.05, 0.1) is 15.9 Å². The van der Waals surface area contributed by atoms with Crippen LogP contribution in [-0.4, -0.2) is 42.0 Å². The molecule has 1 fully saturated rings. The Kier molecular flexibility index (Phi) is 6.76. The summed E-state index contributed by atoms with van der Waals surface area (Å²) in [4.78, 5) is 11.1. The van der Waals surface area contributed by atoms with Crippen LogP contribution < -0.4 is 14.8 Å². The fourth-order valence-corrected chi connectivity index (χ4v) is 5.05. The maximum absolute atomic E-state index is 12.5. The summed E-state index contributed by atoms with van der Waals surface area (Å²) in [7, 11) is -7.59. The Morgan fingerprint density at radius 2 is 1.50 bits per heavy atom. The SMILES string of the molecule is CC(=O)Nc1ccc(S(=O)(=O)Nc2ccc(S(=O)(=O)NCC3CCCO3)cc2)cc1. The van der Waals surface area contributed by atoms with Crippen LogP contribution in [0.1, 0.15) is 19.8 Å². The van der Waals surface area contributed by atoms with E-state index in [9.17, 15) is 21.6 Å². The van der Waals surface area contributed by atoms with Crippen molar-refractivity contribution in [3.63, 3.8) is 0 Å². The van der Waals surface area contributed by atoms with E-state index >= 15 is 0 Å². The summed E-state index contributed by atoms with van der Waals surface area (Å²) in [5.41, 5.74) is 0.700. The maximum atomic E-state index is 12.5. The highest BCUT2D eigenvalue weighted by atomic mass is 32.2. The molecular weight excluding hydrogens is 430 g/mol. The second kappa shape index (κ2) is 9.13. The summed E-state index contributed by atoms with van der Waals surface area (Å²) in [6.07, 6.45) is 1.61.